The Morgan fingerprint density at radius 2 is 1.57 bits per heavy atom. The third-order valence-electron chi connectivity index (χ3n) is 5.59. The lowest BCUT2D eigenvalue weighted by atomic mass is 9.96. The molecule has 2 aliphatic heterocycles. The van der Waals surface area contributed by atoms with Crippen LogP contribution in [-0.4, -0.2) is 62.8 Å². The van der Waals surface area contributed by atoms with Crippen molar-refractivity contribution in [3.8, 4) is 0 Å². The van der Waals surface area contributed by atoms with Gasteiger partial charge in [-0.1, -0.05) is 30.3 Å². The van der Waals surface area contributed by atoms with Gasteiger partial charge in [0, 0.05) is 45.2 Å². The number of amides is 1. The fraction of sp³-hybridized carbons (Fsp3) is 0.450. The number of nitrogens with one attached hydrogen (secondary N) is 1. The molecule has 8 heteroatoms. The molecule has 1 N–H and O–H groups in total. The van der Waals surface area contributed by atoms with E-state index in [1.54, 1.807) is 12.1 Å². The van der Waals surface area contributed by atoms with E-state index in [0.717, 1.165) is 37.0 Å². The summed E-state index contributed by atoms with van der Waals surface area (Å²) in [5.41, 5.74) is 0. The molecule has 2 fully saturated rings. The van der Waals surface area contributed by atoms with Gasteiger partial charge in [0.2, 0.25) is 15.9 Å². The minimum atomic E-state index is -3.53. The predicted octanol–water partition coefficient (Wildman–Crippen LogP) is 2.09. The number of halogens is 1. The maximum atomic E-state index is 13.0. The minimum absolute atomic E-state index is 0. The molecule has 0 aliphatic carbocycles. The van der Waals surface area contributed by atoms with Gasteiger partial charge in [-0.2, -0.15) is 4.31 Å². The number of fused-ring (bicyclic) bond motifs is 1. The molecule has 4 rings (SSSR count). The smallest absolute Gasteiger partial charge is 0.243 e. The predicted molar refractivity (Wildman–Crippen MR) is 112 cm³/mol. The number of rotatable bonds is 3. The first-order chi connectivity index (χ1) is 13.1. The number of benzene rings is 2. The molecule has 2 aliphatic rings. The first-order valence-corrected chi connectivity index (χ1v) is 11.0. The number of hydrogen-bond donors (Lipinski definition) is 1. The van der Waals surface area contributed by atoms with Crippen molar-refractivity contribution in [1.29, 1.82) is 0 Å². The van der Waals surface area contributed by atoms with Gasteiger partial charge in [0.25, 0.3) is 0 Å². The summed E-state index contributed by atoms with van der Waals surface area (Å²) in [6, 6.07) is 13.0. The second-order valence-corrected chi connectivity index (χ2v) is 9.20. The van der Waals surface area contributed by atoms with Crippen molar-refractivity contribution in [2.24, 2.45) is 5.92 Å². The maximum absolute atomic E-state index is 13.0. The van der Waals surface area contributed by atoms with Crippen molar-refractivity contribution >= 4 is 39.1 Å². The van der Waals surface area contributed by atoms with Crippen molar-refractivity contribution in [1.82, 2.24) is 14.5 Å². The summed E-state index contributed by atoms with van der Waals surface area (Å²) in [7, 11) is -3.53. The highest BCUT2D eigenvalue weighted by atomic mass is 35.5. The van der Waals surface area contributed by atoms with E-state index in [1.165, 1.54) is 4.31 Å². The van der Waals surface area contributed by atoms with Crippen LogP contribution in [0.15, 0.2) is 47.4 Å². The molecule has 2 aromatic rings. The SMILES string of the molecule is Cl.O=C(C1CCN(S(=O)(=O)c2ccc3ccccc3c2)CC1)N1CCNCC1. The first-order valence-electron chi connectivity index (χ1n) is 9.54. The van der Waals surface area contributed by atoms with Gasteiger partial charge in [-0.05, 0) is 35.7 Å². The number of piperazine rings is 1. The zero-order chi connectivity index (χ0) is 18.9. The molecule has 0 spiro atoms. The number of carbonyl (C=O) groups excluding carboxylic acids is 1. The quantitative estimate of drug-likeness (QED) is 0.820. The highest BCUT2D eigenvalue weighted by Gasteiger charge is 2.34. The maximum Gasteiger partial charge on any atom is 0.243 e. The lowest BCUT2D eigenvalue weighted by Crippen LogP contribution is -2.50. The van der Waals surface area contributed by atoms with Crippen LogP contribution in [-0.2, 0) is 14.8 Å². The molecular formula is C20H26ClN3O3S. The molecule has 0 saturated carbocycles. The van der Waals surface area contributed by atoms with E-state index in [0.29, 0.717) is 30.8 Å². The third-order valence-corrected chi connectivity index (χ3v) is 7.49. The minimum Gasteiger partial charge on any atom is -0.340 e. The van der Waals surface area contributed by atoms with Crippen LogP contribution in [0.5, 0.6) is 0 Å². The second-order valence-electron chi connectivity index (χ2n) is 7.26. The first kappa shape index (κ1) is 21.0. The Morgan fingerprint density at radius 1 is 0.929 bits per heavy atom. The summed E-state index contributed by atoms with van der Waals surface area (Å²) < 4.78 is 27.6. The summed E-state index contributed by atoms with van der Waals surface area (Å²) >= 11 is 0. The van der Waals surface area contributed by atoms with E-state index in [4.69, 9.17) is 0 Å². The monoisotopic (exact) mass is 423 g/mol. The molecule has 6 nitrogen and oxygen atoms in total. The molecule has 0 radical (unpaired) electrons. The fourth-order valence-corrected chi connectivity index (χ4v) is 5.47. The number of hydrogen-bond acceptors (Lipinski definition) is 4. The van der Waals surface area contributed by atoms with Gasteiger partial charge in [-0.25, -0.2) is 8.42 Å². The summed E-state index contributed by atoms with van der Waals surface area (Å²) in [5.74, 6) is 0.116. The topological polar surface area (TPSA) is 69.7 Å². The van der Waals surface area contributed by atoms with Crippen LogP contribution in [0.25, 0.3) is 10.8 Å². The Morgan fingerprint density at radius 3 is 2.25 bits per heavy atom. The van der Waals surface area contributed by atoms with Crippen LogP contribution in [0.4, 0.5) is 0 Å². The lowest BCUT2D eigenvalue weighted by Gasteiger charge is -2.35. The Bertz CT molecular complexity index is 937. The highest BCUT2D eigenvalue weighted by Crippen LogP contribution is 2.27. The molecule has 1 amide bonds. The van der Waals surface area contributed by atoms with Gasteiger partial charge in [0.1, 0.15) is 0 Å². The summed E-state index contributed by atoms with van der Waals surface area (Å²) in [4.78, 5) is 14.9. The molecule has 152 valence electrons. The largest absolute Gasteiger partial charge is 0.340 e. The Labute approximate surface area is 172 Å². The molecule has 0 aromatic heterocycles. The average Bonchev–Trinajstić information content (AvgIpc) is 2.73. The van der Waals surface area contributed by atoms with Crippen LogP contribution in [0, 0.1) is 5.92 Å². The van der Waals surface area contributed by atoms with Crippen molar-refractivity contribution < 1.29 is 13.2 Å². The molecule has 0 unspecified atom stereocenters. The van der Waals surface area contributed by atoms with Crippen molar-refractivity contribution in [3.63, 3.8) is 0 Å². The van der Waals surface area contributed by atoms with Gasteiger partial charge in [-0.15, -0.1) is 12.4 Å². The zero-order valence-electron chi connectivity index (χ0n) is 15.7. The van der Waals surface area contributed by atoms with Crippen LogP contribution < -0.4 is 5.32 Å². The third kappa shape index (κ3) is 4.17. The van der Waals surface area contributed by atoms with E-state index in [-0.39, 0.29) is 24.2 Å². The van der Waals surface area contributed by atoms with Crippen LogP contribution in [0.1, 0.15) is 12.8 Å². The number of nitrogens with zero attached hydrogens (tertiary/aromatic N) is 2. The average molecular weight is 424 g/mol. The van der Waals surface area contributed by atoms with E-state index in [1.807, 2.05) is 35.2 Å². The standard InChI is InChI=1S/C20H25N3O3S.ClH/c24-20(22-13-9-21-10-14-22)17-7-11-23(12-8-17)27(25,26)19-6-5-16-3-1-2-4-18(16)15-19;/h1-6,15,17,21H,7-14H2;1H. The molecule has 2 aromatic carbocycles. The van der Waals surface area contributed by atoms with Gasteiger partial charge in [0.05, 0.1) is 4.90 Å². The summed E-state index contributed by atoms with van der Waals surface area (Å²) in [5, 5.41) is 5.19. The Hall–Kier alpha value is -1.67. The molecule has 0 bridgehead atoms. The van der Waals surface area contributed by atoms with Crippen LogP contribution >= 0.6 is 12.4 Å². The van der Waals surface area contributed by atoms with Crippen molar-refractivity contribution in [3.05, 3.63) is 42.5 Å². The van der Waals surface area contributed by atoms with Gasteiger partial charge in [0.15, 0.2) is 0 Å². The van der Waals surface area contributed by atoms with Crippen molar-refractivity contribution in [2.45, 2.75) is 17.7 Å². The molecule has 2 saturated heterocycles. The van der Waals surface area contributed by atoms with E-state index >= 15 is 0 Å². The second kappa shape index (κ2) is 8.78. The van der Waals surface area contributed by atoms with Gasteiger partial charge in [-0.3, -0.25) is 4.79 Å². The van der Waals surface area contributed by atoms with Crippen LogP contribution in [0.3, 0.4) is 0 Å². The van der Waals surface area contributed by atoms with E-state index in [9.17, 15) is 13.2 Å². The number of piperidine rings is 1. The normalized spacial score (nSPS) is 19.4. The van der Waals surface area contributed by atoms with Gasteiger partial charge >= 0.3 is 0 Å². The number of sulfonamides is 1. The lowest BCUT2D eigenvalue weighted by molar-refractivity contribution is -0.137. The van der Waals surface area contributed by atoms with Gasteiger partial charge < -0.3 is 10.2 Å². The summed E-state index contributed by atoms with van der Waals surface area (Å²) in [6.07, 6.45) is 1.19. The van der Waals surface area contributed by atoms with Crippen molar-refractivity contribution in [2.75, 3.05) is 39.3 Å². The fourth-order valence-electron chi connectivity index (χ4n) is 3.96. The molecule has 2 heterocycles. The van der Waals surface area contributed by atoms with E-state index < -0.39 is 10.0 Å². The Kier molecular flexibility index (Phi) is 6.60. The molecule has 28 heavy (non-hydrogen) atoms. The van der Waals surface area contributed by atoms with Crippen LogP contribution in [0.2, 0.25) is 0 Å². The number of carbonyl (C=O) groups is 1. The molecule has 0 atom stereocenters. The van der Waals surface area contributed by atoms with E-state index in [2.05, 4.69) is 5.32 Å². The highest BCUT2D eigenvalue weighted by molar-refractivity contribution is 7.89. The summed E-state index contributed by atoms with van der Waals surface area (Å²) in [6.45, 7) is 3.96. The Balaban J connectivity index is 0.00000225. The molecular weight excluding hydrogens is 398 g/mol. The zero-order valence-corrected chi connectivity index (χ0v) is 17.3.